The average molecular weight is 239 g/mol. The number of halogens is 2. The lowest BCUT2D eigenvalue weighted by Crippen LogP contribution is -2.23. The molecule has 0 fully saturated rings. The SMILES string of the molecule is CS(C)(=O)(Cl)Cc1ccc(Cl)cc1. The molecule has 0 spiro atoms. The summed E-state index contributed by atoms with van der Waals surface area (Å²) in [6, 6.07) is 7.22. The van der Waals surface area contributed by atoms with E-state index in [1.54, 1.807) is 24.6 Å². The molecule has 0 aliphatic heterocycles. The highest BCUT2D eigenvalue weighted by molar-refractivity contribution is 8.36. The third-order valence-electron chi connectivity index (χ3n) is 1.48. The summed E-state index contributed by atoms with van der Waals surface area (Å²) in [5, 5.41) is 0.675. The quantitative estimate of drug-likeness (QED) is 0.725. The molecule has 0 aliphatic rings. The molecule has 0 N–H and O–H groups in total. The Kier molecular flexibility index (Phi) is 2.77. The van der Waals surface area contributed by atoms with E-state index < -0.39 is 8.28 Å². The van der Waals surface area contributed by atoms with Gasteiger partial charge in [0.1, 0.15) is 0 Å². The van der Waals surface area contributed by atoms with Gasteiger partial charge in [-0.15, -0.1) is 0 Å². The summed E-state index contributed by atoms with van der Waals surface area (Å²) in [7, 11) is 2.92. The van der Waals surface area contributed by atoms with E-state index in [2.05, 4.69) is 0 Å². The minimum atomic E-state index is -2.96. The molecule has 4 heteroatoms. The topological polar surface area (TPSA) is 17.1 Å². The Hall–Kier alpha value is -0.0500. The molecule has 1 rings (SSSR count). The van der Waals surface area contributed by atoms with Crippen LogP contribution in [-0.2, 0) is 14.0 Å². The van der Waals surface area contributed by atoms with Crippen LogP contribution in [0, 0.1) is 0 Å². The molecule has 0 radical (unpaired) electrons. The van der Waals surface area contributed by atoms with Gasteiger partial charge in [0.15, 0.2) is 0 Å². The zero-order chi connectivity index (χ0) is 10.1. The number of hydrogen-bond donors (Lipinski definition) is 0. The fraction of sp³-hybridized carbons (Fsp3) is 0.333. The molecule has 0 saturated carbocycles. The van der Waals surface area contributed by atoms with Crippen LogP contribution < -0.4 is 0 Å². The summed E-state index contributed by atoms with van der Waals surface area (Å²) in [6.45, 7) is 0. The second kappa shape index (κ2) is 3.26. The van der Waals surface area contributed by atoms with Crippen LogP contribution in [0.1, 0.15) is 5.56 Å². The lowest BCUT2D eigenvalue weighted by Gasteiger charge is -2.25. The molecular weight excluding hydrogens is 227 g/mol. The van der Waals surface area contributed by atoms with Gasteiger partial charge < -0.3 is 0 Å². The number of benzene rings is 1. The summed E-state index contributed by atoms with van der Waals surface area (Å²) in [5.74, 6) is 0.385. The largest absolute Gasteiger partial charge is 0.268 e. The van der Waals surface area contributed by atoms with Crippen LogP contribution in [0.5, 0.6) is 0 Å². The normalized spacial score (nSPS) is 14.9. The Morgan fingerprint density at radius 1 is 1.23 bits per heavy atom. The monoisotopic (exact) mass is 238 g/mol. The van der Waals surface area contributed by atoms with E-state index in [0.29, 0.717) is 10.8 Å². The van der Waals surface area contributed by atoms with Crippen LogP contribution in [-0.4, -0.2) is 16.7 Å². The van der Waals surface area contributed by atoms with Gasteiger partial charge in [-0.2, -0.15) is 0 Å². The standard InChI is InChI=1S/C9H12Cl2OS/c1-13(2,11,12)7-8-3-5-9(10)6-4-8/h3-6H,7H2,1-2H3. The summed E-state index contributed by atoms with van der Waals surface area (Å²) < 4.78 is 11.8. The molecule has 74 valence electrons. The molecule has 0 unspecified atom stereocenters. The lowest BCUT2D eigenvalue weighted by molar-refractivity contribution is 0.674. The molecular formula is C9H12Cl2OS. The van der Waals surface area contributed by atoms with Crippen molar-refractivity contribution in [3.05, 3.63) is 34.9 Å². The van der Waals surface area contributed by atoms with Crippen molar-refractivity contribution in [3.8, 4) is 0 Å². The molecule has 0 amide bonds. The molecule has 1 aromatic rings. The van der Waals surface area contributed by atoms with Gasteiger partial charge in [-0.05, 0) is 36.7 Å². The molecule has 1 aromatic carbocycles. The minimum Gasteiger partial charge on any atom is -0.268 e. The van der Waals surface area contributed by atoms with Gasteiger partial charge >= 0.3 is 0 Å². The Labute approximate surface area is 87.9 Å². The highest BCUT2D eigenvalue weighted by atomic mass is 35.7. The summed E-state index contributed by atoms with van der Waals surface area (Å²) >= 11 is 5.72. The minimum absolute atomic E-state index is 0.385. The fourth-order valence-corrected chi connectivity index (χ4v) is 2.67. The molecule has 0 atom stereocenters. The smallest absolute Gasteiger partial charge is 0.0406 e. The number of rotatable bonds is 2. The van der Waals surface area contributed by atoms with Crippen LogP contribution >= 0.6 is 22.3 Å². The van der Waals surface area contributed by atoms with Crippen molar-refractivity contribution in [1.29, 1.82) is 0 Å². The highest BCUT2D eigenvalue weighted by Crippen LogP contribution is 2.28. The maximum Gasteiger partial charge on any atom is 0.0406 e. The van der Waals surface area contributed by atoms with Gasteiger partial charge in [0.25, 0.3) is 0 Å². The zero-order valence-electron chi connectivity index (χ0n) is 7.59. The van der Waals surface area contributed by atoms with Crippen molar-refractivity contribution in [2.45, 2.75) is 5.75 Å². The van der Waals surface area contributed by atoms with Gasteiger partial charge in [0, 0.05) is 23.3 Å². The van der Waals surface area contributed by atoms with Gasteiger partial charge in [-0.1, -0.05) is 23.7 Å². The first-order valence-corrected chi connectivity index (χ1v) is 7.95. The van der Waals surface area contributed by atoms with Crippen molar-refractivity contribution in [2.75, 3.05) is 12.5 Å². The van der Waals surface area contributed by atoms with Gasteiger partial charge in [-0.25, -0.2) is 0 Å². The predicted octanol–water partition coefficient (Wildman–Crippen LogP) is 3.07. The van der Waals surface area contributed by atoms with Gasteiger partial charge in [-0.3, -0.25) is 4.21 Å². The van der Waals surface area contributed by atoms with Crippen LogP contribution in [0.3, 0.4) is 0 Å². The molecule has 0 heterocycles. The van der Waals surface area contributed by atoms with Crippen molar-refractivity contribution < 1.29 is 4.21 Å². The Morgan fingerprint density at radius 3 is 2.08 bits per heavy atom. The molecule has 0 bridgehead atoms. The van der Waals surface area contributed by atoms with E-state index >= 15 is 0 Å². The first-order chi connectivity index (χ1) is 5.72. The third kappa shape index (κ3) is 4.65. The molecule has 0 aliphatic carbocycles. The van der Waals surface area contributed by atoms with E-state index in [-0.39, 0.29) is 0 Å². The molecule has 0 aromatic heterocycles. The van der Waals surface area contributed by atoms with E-state index in [4.69, 9.17) is 22.3 Å². The summed E-state index contributed by atoms with van der Waals surface area (Å²) in [4.78, 5) is 0. The van der Waals surface area contributed by atoms with Crippen LogP contribution in [0.15, 0.2) is 24.3 Å². The van der Waals surface area contributed by atoms with E-state index in [9.17, 15) is 4.21 Å². The Balaban J connectivity index is 2.89. The van der Waals surface area contributed by atoms with Crippen molar-refractivity contribution >= 4 is 30.6 Å². The first kappa shape index (κ1) is 11.0. The maximum atomic E-state index is 11.8. The fourth-order valence-electron chi connectivity index (χ4n) is 1.05. The van der Waals surface area contributed by atoms with Crippen LogP contribution in [0.4, 0.5) is 0 Å². The predicted molar refractivity (Wildman–Crippen MR) is 61.0 cm³/mol. The molecule has 0 saturated heterocycles. The summed E-state index contributed by atoms with van der Waals surface area (Å²) in [5.41, 5.74) is 0.946. The van der Waals surface area contributed by atoms with Crippen molar-refractivity contribution in [3.63, 3.8) is 0 Å². The van der Waals surface area contributed by atoms with Gasteiger partial charge in [0.05, 0.1) is 0 Å². The molecule has 13 heavy (non-hydrogen) atoms. The summed E-state index contributed by atoms with van der Waals surface area (Å²) in [6.07, 6.45) is 3.15. The van der Waals surface area contributed by atoms with E-state index in [1.165, 1.54) is 0 Å². The lowest BCUT2D eigenvalue weighted by atomic mass is 10.2. The zero-order valence-corrected chi connectivity index (χ0v) is 9.92. The average Bonchev–Trinajstić information content (AvgIpc) is 1.89. The Bertz CT molecular complexity index is 353. The Morgan fingerprint density at radius 2 is 1.69 bits per heavy atom. The highest BCUT2D eigenvalue weighted by Gasteiger charge is 2.21. The third-order valence-corrected chi connectivity index (χ3v) is 3.20. The second-order valence-electron chi connectivity index (χ2n) is 3.69. The van der Waals surface area contributed by atoms with Crippen molar-refractivity contribution in [2.24, 2.45) is 0 Å². The van der Waals surface area contributed by atoms with Crippen LogP contribution in [0.25, 0.3) is 0 Å². The second-order valence-corrected chi connectivity index (χ2v) is 11.1. The van der Waals surface area contributed by atoms with Crippen molar-refractivity contribution in [1.82, 2.24) is 0 Å². The van der Waals surface area contributed by atoms with Crippen LogP contribution in [0.2, 0.25) is 5.02 Å². The van der Waals surface area contributed by atoms with E-state index in [0.717, 1.165) is 5.56 Å². The molecule has 1 nitrogen and oxygen atoms in total. The van der Waals surface area contributed by atoms with E-state index in [1.807, 2.05) is 12.1 Å². The van der Waals surface area contributed by atoms with Gasteiger partial charge in [0.2, 0.25) is 0 Å². The number of hydrogen-bond acceptors (Lipinski definition) is 1. The maximum absolute atomic E-state index is 11.8. The first-order valence-electron chi connectivity index (χ1n) is 3.79.